The van der Waals surface area contributed by atoms with Gasteiger partial charge in [0.15, 0.2) is 0 Å². The van der Waals surface area contributed by atoms with Crippen LogP contribution in [0.1, 0.15) is 76.2 Å². The second-order valence-electron chi connectivity index (χ2n) is 10.6. The molecule has 1 aromatic heterocycles. The van der Waals surface area contributed by atoms with Crippen molar-refractivity contribution in [2.75, 3.05) is 6.54 Å². The third-order valence-corrected chi connectivity index (χ3v) is 7.00. The number of aliphatic hydroxyl groups excluding tert-OH is 2. The number of nitrogens with one attached hydrogen (secondary N) is 3. The fourth-order valence-electron chi connectivity index (χ4n) is 4.94. The van der Waals surface area contributed by atoms with E-state index >= 15 is 0 Å². The van der Waals surface area contributed by atoms with E-state index in [-0.39, 0.29) is 30.1 Å². The van der Waals surface area contributed by atoms with Crippen molar-refractivity contribution in [1.82, 2.24) is 15.6 Å². The summed E-state index contributed by atoms with van der Waals surface area (Å²) in [6.45, 7) is 5.79. The summed E-state index contributed by atoms with van der Waals surface area (Å²) in [5.41, 5.74) is 0.947. The average Bonchev–Trinajstić information content (AvgIpc) is 3.24. The quantitative estimate of drug-likeness (QED) is 0.329. The van der Waals surface area contributed by atoms with Crippen LogP contribution in [-0.4, -0.2) is 51.8 Å². The number of carbonyl (C=O) groups is 2. The smallest absolute Gasteiger partial charge is 0.267 e. The highest BCUT2D eigenvalue weighted by atomic mass is 19.1. The summed E-state index contributed by atoms with van der Waals surface area (Å²) >= 11 is 0. The monoisotopic (exact) mass is 489 g/mol. The molecule has 0 spiro atoms. The fraction of sp³-hybridized carbons (Fsp3) is 0.630. The maximum absolute atomic E-state index is 13.4. The molecule has 1 aromatic carbocycles. The first-order valence-electron chi connectivity index (χ1n) is 12.9. The molecule has 2 amide bonds. The maximum Gasteiger partial charge on any atom is 0.267 e. The van der Waals surface area contributed by atoms with Gasteiger partial charge in [0.2, 0.25) is 5.91 Å². The largest absolute Gasteiger partial charge is 0.390 e. The molecule has 8 heteroatoms. The van der Waals surface area contributed by atoms with Crippen molar-refractivity contribution in [1.29, 1.82) is 0 Å². The molecular formula is C27H40FN3O4. The zero-order chi connectivity index (χ0) is 25.5. The minimum Gasteiger partial charge on any atom is -0.390 e. The SMILES string of the molecule is CC(C)C[C@H](O)[C@H](O)[C@H](CC1CCCCC1)NC(=O)[C@@H](C)CNC(=O)c1cc2cc(F)ccc2[nH]1. The van der Waals surface area contributed by atoms with Gasteiger partial charge >= 0.3 is 0 Å². The summed E-state index contributed by atoms with van der Waals surface area (Å²) in [4.78, 5) is 28.5. The van der Waals surface area contributed by atoms with Crippen molar-refractivity contribution < 1.29 is 24.2 Å². The van der Waals surface area contributed by atoms with E-state index in [2.05, 4.69) is 15.6 Å². The summed E-state index contributed by atoms with van der Waals surface area (Å²) in [5, 5.41) is 27.7. The third-order valence-electron chi connectivity index (χ3n) is 7.00. The lowest BCUT2D eigenvalue weighted by atomic mass is 9.82. The van der Waals surface area contributed by atoms with E-state index in [9.17, 15) is 24.2 Å². The fourth-order valence-corrected chi connectivity index (χ4v) is 4.94. The highest BCUT2D eigenvalue weighted by Gasteiger charge is 2.32. The van der Waals surface area contributed by atoms with Gasteiger partial charge < -0.3 is 25.8 Å². The van der Waals surface area contributed by atoms with Crippen LogP contribution in [0, 0.1) is 23.6 Å². The summed E-state index contributed by atoms with van der Waals surface area (Å²) in [5.74, 6) is -0.938. The van der Waals surface area contributed by atoms with Crippen molar-refractivity contribution in [3.63, 3.8) is 0 Å². The Bertz CT molecular complexity index is 986. The van der Waals surface area contributed by atoms with E-state index in [0.717, 1.165) is 25.7 Å². The van der Waals surface area contributed by atoms with Crippen LogP contribution >= 0.6 is 0 Å². The molecule has 1 fully saturated rings. The topological polar surface area (TPSA) is 114 Å². The molecule has 2 aromatic rings. The zero-order valence-corrected chi connectivity index (χ0v) is 21.0. The number of amides is 2. The van der Waals surface area contributed by atoms with Gasteiger partial charge in [0.1, 0.15) is 17.6 Å². The number of aromatic nitrogens is 1. The van der Waals surface area contributed by atoms with Gasteiger partial charge in [0.05, 0.1) is 18.1 Å². The molecule has 3 rings (SSSR count). The Balaban J connectivity index is 1.58. The summed E-state index contributed by atoms with van der Waals surface area (Å²) in [6, 6.07) is 5.28. The van der Waals surface area contributed by atoms with E-state index < -0.39 is 24.2 Å². The van der Waals surface area contributed by atoms with Crippen LogP contribution in [0.3, 0.4) is 0 Å². The van der Waals surface area contributed by atoms with Crippen LogP contribution < -0.4 is 10.6 Å². The van der Waals surface area contributed by atoms with Crippen molar-refractivity contribution >= 4 is 22.7 Å². The van der Waals surface area contributed by atoms with E-state index in [0.29, 0.717) is 35.4 Å². The van der Waals surface area contributed by atoms with Crippen molar-refractivity contribution in [2.45, 2.75) is 84.0 Å². The molecule has 4 atom stereocenters. The molecule has 1 saturated carbocycles. The minimum absolute atomic E-state index is 0.106. The number of fused-ring (bicyclic) bond motifs is 1. The van der Waals surface area contributed by atoms with Gasteiger partial charge in [-0.15, -0.1) is 0 Å². The number of hydrogen-bond acceptors (Lipinski definition) is 4. The van der Waals surface area contributed by atoms with Gasteiger partial charge in [-0.05, 0) is 48.9 Å². The highest BCUT2D eigenvalue weighted by Crippen LogP contribution is 2.29. The van der Waals surface area contributed by atoms with Crippen LogP contribution in [0.5, 0.6) is 0 Å². The lowest BCUT2D eigenvalue weighted by Gasteiger charge is -2.33. The number of H-pyrrole nitrogens is 1. The Morgan fingerprint density at radius 2 is 1.83 bits per heavy atom. The van der Waals surface area contributed by atoms with E-state index in [4.69, 9.17) is 0 Å². The van der Waals surface area contributed by atoms with Crippen molar-refractivity contribution in [2.24, 2.45) is 17.8 Å². The molecule has 0 saturated heterocycles. The van der Waals surface area contributed by atoms with Crippen LogP contribution in [-0.2, 0) is 4.79 Å². The first kappa shape index (κ1) is 27.1. The van der Waals surface area contributed by atoms with Crippen LogP contribution in [0.15, 0.2) is 24.3 Å². The van der Waals surface area contributed by atoms with Crippen LogP contribution in [0.4, 0.5) is 4.39 Å². The Labute approximate surface area is 206 Å². The van der Waals surface area contributed by atoms with Crippen molar-refractivity contribution in [3.8, 4) is 0 Å². The molecule has 0 unspecified atom stereocenters. The first-order chi connectivity index (χ1) is 16.6. The predicted octanol–water partition coefficient (Wildman–Crippen LogP) is 3.90. The van der Waals surface area contributed by atoms with Gasteiger partial charge in [0.25, 0.3) is 5.91 Å². The Morgan fingerprint density at radius 3 is 2.51 bits per heavy atom. The molecule has 194 valence electrons. The summed E-state index contributed by atoms with van der Waals surface area (Å²) in [6.07, 6.45) is 4.79. The number of carbonyl (C=O) groups excluding carboxylic acids is 2. The number of rotatable bonds is 11. The normalized spacial score (nSPS) is 18.3. The van der Waals surface area contributed by atoms with Crippen LogP contribution in [0.25, 0.3) is 10.9 Å². The van der Waals surface area contributed by atoms with Gasteiger partial charge in [0, 0.05) is 17.4 Å². The number of hydrogen-bond donors (Lipinski definition) is 5. The number of halogens is 1. The Morgan fingerprint density at radius 1 is 1.11 bits per heavy atom. The lowest BCUT2D eigenvalue weighted by molar-refractivity contribution is -0.127. The molecule has 5 N–H and O–H groups in total. The molecule has 35 heavy (non-hydrogen) atoms. The van der Waals surface area contributed by atoms with E-state index in [1.54, 1.807) is 19.1 Å². The molecule has 0 bridgehead atoms. The van der Waals surface area contributed by atoms with Gasteiger partial charge in [-0.25, -0.2) is 4.39 Å². The van der Waals surface area contributed by atoms with Gasteiger partial charge in [-0.2, -0.15) is 0 Å². The molecule has 0 radical (unpaired) electrons. The molecule has 1 heterocycles. The predicted molar refractivity (Wildman–Crippen MR) is 134 cm³/mol. The lowest BCUT2D eigenvalue weighted by Crippen LogP contribution is -2.52. The number of aromatic amines is 1. The first-order valence-corrected chi connectivity index (χ1v) is 12.9. The molecule has 1 aliphatic carbocycles. The standard InChI is InChI=1S/C27H40FN3O4/c1-16(2)11-24(32)25(33)22(12-18-7-5-4-6-8-18)31-26(34)17(3)15-29-27(35)23-14-19-13-20(28)9-10-21(19)30-23/h9-10,13-14,16-18,22,24-25,30,32-33H,4-8,11-12,15H2,1-3H3,(H,29,35)(H,31,34)/t17-,22-,24-,25+/m0/s1. The Kier molecular flexibility index (Phi) is 9.69. The summed E-state index contributed by atoms with van der Waals surface area (Å²) in [7, 11) is 0. The molecular weight excluding hydrogens is 449 g/mol. The third kappa shape index (κ3) is 7.77. The number of benzene rings is 1. The molecule has 1 aliphatic rings. The highest BCUT2D eigenvalue weighted by molar-refractivity contribution is 5.98. The van der Waals surface area contributed by atoms with Gasteiger partial charge in [-0.1, -0.05) is 52.9 Å². The van der Waals surface area contributed by atoms with Crippen molar-refractivity contribution in [3.05, 3.63) is 35.8 Å². The molecule has 0 aliphatic heterocycles. The second kappa shape index (κ2) is 12.5. The Hall–Kier alpha value is -2.45. The zero-order valence-electron chi connectivity index (χ0n) is 21.0. The van der Waals surface area contributed by atoms with E-state index in [1.165, 1.54) is 18.6 Å². The maximum atomic E-state index is 13.4. The number of aliphatic hydroxyl groups is 2. The second-order valence-corrected chi connectivity index (χ2v) is 10.6. The van der Waals surface area contributed by atoms with Gasteiger partial charge in [-0.3, -0.25) is 9.59 Å². The average molecular weight is 490 g/mol. The summed E-state index contributed by atoms with van der Waals surface area (Å²) < 4.78 is 13.4. The molecule has 7 nitrogen and oxygen atoms in total. The minimum atomic E-state index is -1.04. The van der Waals surface area contributed by atoms with E-state index in [1.807, 2.05) is 13.8 Å². The van der Waals surface area contributed by atoms with Crippen LogP contribution in [0.2, 0.25) is 0 Å².